The van der Waals surface area contributed by atoms with Gasteiger partial charge in [-0.25, -0.2) is 4.79 Å². The molecule has 0 unspecified atom stereocenters. The molecule has 0 aliphatic heterocycles. The van der Waals surface area contributed by atoms with Crippen LogP contribution in [0.15, 0.2) is 60.7 Å². The highest BCUT2D eigenvalue weighted by atomic mass is 16.5. The predicted octanol–water partition coefficient (Wildman–Crippen LogP) is 3.18. The Morgan fingerprint density at radius 3 is 2.39 bits per heavy atom. The van der Waals surface area contributed by atoms with Crippen molar-refractivity contribution in [2.75, 3.05) is 12.8 Å². The van der Waals surface area contributed by atoms with Crippen LogP contribution in [-0.4, -0.2) is 23.3 Å². The fourth-order valence-corrected chi connectivity index (χ4v) is 2.28. The number of aromatic nitrogens is 2. The Balaban J connectivity index is 1.94. The Hall–Kier alpha value is -3.21. The lowest BCUT2D eigenvalue weighted by Crippen LogP contribution is -2.01. The molecule has 2 aromatic carbocycles. The molecule has 0 bridgehead atoms. The summed E-state index contributed by atoms with van der Waals surface area (Å²) in [6.45, 7) is 0. The number of ether oxygens (including phenoxy) is 1. The van der Waals surface area contributed by atoms with Crippen molar-refractivity contribution in [3.05, 3.63) is 66.2 Å². The molecule has 3 aromatic rings. The van der Waals surface area contributed by atoms with Crippen LogP contribution in [0.5, 0.6) is 0 Å². The first-order chi connectivity index (χ1) is 11.2. The summed E-state index contributed by atoms with van der Waals surface area (Å²) in [5.41, 5.74) is 10.1. The zero-order valence-electron chi connectivity index (χ0n) is 12.6. The summed E-state index contributed by atoms with van der Waals surface area (Å²) in [5.74, 6) is -0.381. The van der Waals surface area contributed by atoms with Gasteiger partial charge in [-0.3, -0.25) is 0 Å². The molecular weight excluding hydrogens is 290 g/mol. The van der Waals surface area contributed by atoms with Crippen LogP contribution in [0, 0.1) is 0 Å². The van der Waals surface area contributed by atoms with Gasteiger partial charge in [-0.15, -0.1) is 10.2 Å². The van der Waals surface area contributed by atoms with Crippen LogP contribution < -0.4 is 5.73 Å². The van der Waals surface area contributed by atoms with Gasteiger partial charge in [-0.1, -0.05) is 30.3 Å². The van der Waals surface area contributed by atoms with Crippen molar-refractivity contribution in [1.29, 1.82) is 0 Å². The maximum atomic E-state index is 11.6. The Kier molecular flexibility index (Phi) is 4.01. The van der Waals surface area contributed by atoms with Crippen molar-refractivity contribution in [2.45, 2.75) is 0 Å². The molecule has 0 saturated carbocycles. The fraction of sp³-hybridized carbons (Fsp3) is 0.0556. The van der Waals surface area contributed by atoms with Crippen LogP contribution >= 0.6 is 0 Å². The Morgan fingerprint density at radius 1 is 0.957 bits per heavy atom. The molecule has 0 aliphatic rings. The molecular formula is C18H15N3O2. The van der Waals surface area contributed by atoms with Gasteiger partial charge in [0.1, 0.15) is 0 Å². The monoisotopic (exact) mass is 305 g/mol. The van der Waals surface area contributed by atoms with Crippen molar-refractivity contribution >= 4 is 11.7 Å². The van der Waals surface area contributed by atoms with Crippen LogP contribution in [0.25, 0.3) is 22.5 Å². The number of carbonyl (C=O) groups excluding carboxylic acids is 1. The van der Waals surface area contributed by atoms with E-state index in [1.54, 1.807) is 18.2 Å². The molecule has 1 heterocycles. The second-order valence-electron chi connectivity index (χ2n) is 4.96. The van der Waals surface area contributed by atoms with Gasteiger partial charge in [0.15, 0.2) is 0 Å². The van der Waals surface area contributed by atoms with Gasteiger partial charge in [0.25, 0.3) is 0 Å². The minimum absolute atomic E-state index is 0.381. The third kappa shape index (κ3) is 3.03. The summed E-state index contributed by atoms with van der Waals surface area (Å²) in [5, 5.41) is 8.47. The van der Waals surface area contributed by atoms with Crippen molar-refractivity contribution < 1.29 is 9.53 Å². The SMILES string of the molecule is COC(=O)c1cccc(-c2ccc(-c3ccccc3N)nn2)c1. The van der Waals surface area contributed by atoms with Crippen LogP contribution in [0.1, 0.15) is 10.4 Å². The van der Waals surface area contributed by atoms with Gasteiger partial charge in [0.2, 0.25) is 0 Å². The van der Waals surface area contributed by atoms with Crippen molar-refractivity contribution in [3.63, 3.8) is 0 Å². The number of benzene rings is 2. The van der Waals surface area contributed by atoms with Crippen molar-refractivity contribution in [3.8, 4) is 22.5 Å². The number of para-hydroxylation sites is 1. The maximum absolute atomic E-state index is 11.6. The Labute approximate surface area is 133 Å². The number of nitrogens with two attached hydrogens (primary N) is 1. The quantitative estimate of drug-likeness (QED) is 0.594. The summed E-state index contributed by atoms with van der Waals surface area (Å²) >= 11 is 0. The largest absolute Gasteiger partial charge is 0.465 e. The van der Waals surface area contributed by atoms with E-state index in [0.717, 1.165) is 11.1 Å². The summed E-state index contributed by atoms with van der Waals surface area (Å²) in [7, 11) is 1.36. The average molecular weight is 305 g/mol. The lowest BCUT2D eigenvalue weighted by molar-refractivity contribution is 0.0601. The lowest BCUT2D eigenvalue weighted by atomic mass is 10.1. The van der Waals surface area contributed by atoms with Gasteiger partial charge >= 0.3 is 5.97 Å². The third-order valence-corrected chi connectivity index (χ3v) is 3.48. The molecule has 1 aromatic heterocycles. The molecule has 5 heteroatoms. The molecule has 0 atom stereocenters. The maximum Gasteiger partial charge on any atom is 0.337 e. The standard InChI is InChI=1S/C18H15N3O2/c1-23-18(22)13-6-4-5-12(11-13)16-9-10-17(21-20-16)14-7-2-3-8-15(14)19/h2-11H,19H2,1H3. The minimum atomic E-state index is -0.381. The molecule has 0 spiro atoms. The van der Waals surface area contributed by atoms with E-state index in [-0.39, 0.29) is 5.97 Å². The van der Waals surface area contributed by atoms with Crippen LogP contribution in [-0.2, 0) is 4.74 Å². The van der Waals surface area contributed by atoms with Gasteiger partial charge in [0.05, 0.1) is 24.1 Å². The molecule has 2 N–H and O–H groups in total. The molecule has 23 heavy (non-hydrogen) atoms. The van der Waals surface area contributed by atoms with E-state index in [4.69, 9.17) is 10.5 Å². The minimum Gasteiger partial charge on any atom is -0.465 e. The number of carbonyl (C=O) groups is 1. The number of nitrogen functional groups attached to an aromatic ring is 1. The number of nitrogens with zero attached hydrogens (tertiary/aromatic N) is 2. The van der Waals surface area contributed by atoms with E-state index in [1.807, 2.05) is 42.5 Å². The van der Waals surface area contributed by atoms with Crippen molar-refractivity contribution in [1.82, 2.24) is 10.2 Å². The van der Waals surface area contributed by atoms with Gasteiger partial charge in [0, 0.05) is 16.8 Å². The lowest BCUT2D eigenvalue weighted by Gasteiger charge is -2.06. The third-order valence-electron chi connectivity index (χ3n) is 3.48. The number of rotatable bonds is 3. The molecule has 114 valence electrons. The van der Waals surface area contributed by atoms with Crippen LogP contribution in [0.4, 0.5) is 5.69 Å². The van der Waals surface area contributed by atoms with Crippen molar-refractivity contribution in [2.24, 2.45) is 0 Å². The predicted molar refractivity (Wildman–Crippen MR) is 88.7 cm³/mol. The first-order valence-corrected chi connectivity index (χ1v) is 7.06. The molecule has 0 fully saturated rings. The van der Waals surface area contributed by atoms with Gasteiger partial charge in [-0.05, 0) is 30.3 Å². The van der Waals surface area contributed by atoms with Gasteiger partial charge < -0.3 is 10.5 Å². The summed E-state index contributed by atoms with van der Waals surface area (Å²) in [6.07, 6.45) is 0. The Morgan fingerprint density at radius 2 is 1.70 bits per heavy atom. The highest BCUT2D eigenvalue weighted by Crippen LogP contribution is 2.25. The number of anilines is 1. The fourth-order valence-electron chi connectivity index (χ4n) is 2.28. The van der Waals surface area contributed by atoms with E-state index in [9.17, 15) is 4.79 Å². The van der Waals surface area contributed by atoms with Crippen LogP contribution in [0.3, 0.4) is 0 Å². The summed E-state index contributed by atoms with van der Waals surface area (Å²) in [4.78, 5) is 11.6. The topological polar surface area (TPSA) is 78.1 Å². The van der Waals surface area contributed by atoms with E-state index in [2.05, 4.69) is 10.2 Å². The van der Waals surface area contributed by atoms with Crippen LogP contribution in [0.2, 0.25) is 0 Å². The molecule has 0 amide bonds. The number of methoxy groups -OCH3 is 1. The smallest absolute Gasteiger partial charge is 0.337 e. The number of hydrogen-bond donors (Lipinski definition) is 1. The van der Waals surface area contributed by atoms with E-state index >= 15 is 0 Å². The normalized spacial score (nSPS) is 10.3. The molecule has 0 saturated heterocycles. The first kappa shape index (κ1) is 14.7. The van der Waals surface area contributed by atoms with E-state index < -0.39 is 0 Å². The number of esters is 1. The Bertz CT molecular complexity index is 845. The second-order valence-corrected chi connectivity index (χ2v) is 4.96. The zero-order valence-corrected chi connectivity index (χ0v) is 12.6. The van der Waals surface area contributed by atoms with Gasteiger partial charge in [-0.2, -0.15) is 0 Å². The molecule has 0 radical (unpaired) electrons. The second kappa shape index (κ2) is 6.27. The van der Waals surface area contributed by atoms with E-state index in [1.165, 1.54) is 7.11 Å². The summed E-state index contributed by atoms with van der Waals surface area (Å²) < 4.78 is 4.73. The molecule has 0 aliphatic carbocycles. The van der Waals surface area contributed by atoms with E-state index in [0.29, 0.717) is 22.6 Å². The molecule has 5 nitrogen and oxygen atoms in total. The highest BCUT2D eigenvalue weighted by molar-refractivity contribution is 5.90. The first-order valence-electron chi connectivity index (χ1n) is 7.06. The summed E-state index contributed by atoms with van der Waals surface area (Å²) in [6, 6.07) is 18.3. The number of hydrogen-bond acceptors (Lipinski definition) is 5. The highest BCUT2D eigenvalue weighted by Gasteiger charge is 2.09. The molecule has 3 rings (SSSR count). The zero-order chi connectivity index (χ0) is 16.2. The average Bonchev–Trinajstić information content (AvgIpc) is 2.62.